The molecule has 146 valence electrons. The number of carbonyl (C=O) groups excluding carboxylic acids is 3. The van der Waals surface area contributed by atoms with Crippen LogP contribution < -0.4 is 15.4 Å². The van der Waals surface area contributed by atoms with Crippen LogP contribution >= 0.6 is 0 Å². The normalized spacial score (nSPS) is 10.6. The molecule has 8 nitrogen and oxygen atoms in total. The summed E-state index contributed by atoms with van der Waals surface area (Å²) in [6, 6.07) is 13.3. The van der Waals surface area contributed by atoms with Crippen molar-refractivity contribution in [1.82, 2.24) is 0 Å². The lowest BCUT2D eigenvalue weighted by atomic mass is 10.1. The van der Waals surface area contributed by atoms with E-state index in [1.807, 2.05) is 0 Å². The molecule has 2 aromatic rings. The number of hydrogen-bond acceptors (Lipinski definition) is 7. The molecular formula is C20H20N2O6. The molecule has 1 amide bonds. The molecule has 0 heterocycles. The van der Waals surface area contributed by atoms with E-state index in [2.05, 4.69) is 20.1 Å². The second kappa shape index (κ2) is 9.77. The van der Waals surface area contributed by atoms with Crippen LogP contribution in [-0.2, 0) is 19.1 Å². The number of esters is 2. The highest BCUT2D eigenvalue weighted by Gasteiger charge is 2.14. The van der Waals surface area contributed by atoms with Gasteiger partial charge >= 0.3 is 11.9 Å². The molecule has 0 saturated heterocycles. The molecule has 0 aliphatic heterocycles. The van der Waals surface area contributed by atoms with Crippen LogP contribution in [-0.4, -0.2) is 39.2 Å². The minimum absolute atomic E-state index is 0.123. The highest BCUT2D eigenvalue weighted by atomic mass is 16.5. The van der Waals surface area contributed by atoms with E-state index in [1.54, 1.807) is 49.6 Å². The zero-order chi connectivity index (χ0) is 20.5. The summed E-state index contributed by atoms with van der Waals surface area (Å²) >= 11 is 0. The van der Waals surface area contributed by atoms with Gasteiger partial charge in [0.1, 0.15) is 11.4 Å². The predicted octanol–water partition coefficient (Wildman–Crippen LogP) is 2.59. The van der Waals surface area contributed by atoms with Crippen LogP contribution in [0.4, 0.5) is 11.4 Å². The van der Waals surface area contributed by atoms with E-state index in [4.69, 9.17) is 4.74 Å². The topological polar surface area (TPSA) is 103 Å². The molecule has 0 atom stereocenters. The number of rotatable bonds is 7. The number of benzene rings is 2. The lowest BCUT2D eigenvalue weighted by Gasteiger charge is -2.11. The minimum Gasteiger partial charge on any atom is -0.497 e. The molecule has 0 aromatic heterocycles. The summed E-state index contributed by atoms with van der Waals surface area (Å²) in [5, 5.41) is 5.52. The van der Waals surface area contributed by atoms with Crippen molar-refractivity contribution in [1.29, 1.82) is 0 Å². The summed E-state index contributed by atoms with van der Waals surface area (Å²) in [4.78, 5) is 35.7. The van der Waals surface area contributed by atoms with Gasteiger partial charge in [-0.15, -0.1) is 0 Å². The van der Waals surface area contributed by atoms with Gasteiger partial charge in [-0.1, -0.05) is 6.07 Å². The molecule has 2 N–H and O–H groups in total. The second-order valence-electron chi connectivity index (χ2n) is 5.46. The number of anilines is 2. The zero-order valence-electron chi connectivity index (χ0n) is 15.6. The lowest BCUT2D eigenvalue weighted by Crippen LogP contribution is -2.16. The van der Waals surface area contributed by atoms with Crippen molar-refractivity contribution in [2.24, 2.45) is 0 Å². The highest BCUT2D eigenvalue weighted by Crippen LogP contribution is 2.18. The highest BCUT2D eigenvalue weighted by molar-refractivity contribution is 6.05. The van der Waals surface area contributed by atoms with Crippen molar-refractivity contribution in [3.63, 3.8) is 0 Å². The van der Waals surface area contributed by atoms with E-state index in [0.717, 1.165) is 6.08 Å². The van der Waals surface area contributed by atoms with Crippen molar-refractivity contribution in [2.45, 2.75) is 0 Å². The fraction of sp³-hybridized carbons (Fsp3) is 0.150. The van der Waals surface area contributed by atoms with Crippen LogP contribution in [0.5, 0.6) is 5.75 Å². The number of amides is 1. The van der Waals surface area contributed by atoms with Crippen molar-refractivity contribution in [3.05, 3.63) is 65.9 Å². The summed E-state index contributed by atoms with van der Waals surface area (Å²) in [7, 11) is 3.94. The number of ether oxygens (including phenoxy) is 3. The van der Waals surface area contributed by atoms with Crippen LogP contribution in [0.15, 0.2) is 60.3 Å². The quantitative estimate of drug-likeness (QED) is 0.559. The van der Waals surface area contributed by atoms with Crippen LogP contribution in [0.1, 0.15) is 10.4 Å². The fourth-order valence-electron chi connectivity index (χ4n) is 2.20. The maximum Gasteiger partial charge on any atom is 0.354 e. The molecule has 8 heteroatoms. The van der Waals surface area contributed by atoms with Crippen molar-refractivity contribution in [3.8, 4) is 5.75 Å². The van der Waals surface area contributed by atoms with E-state index in [9.17, 15) is 14.4 Å². The first kappa shape index (κ1) is 20.5. The Balaban J connectivity index is 2.17. The molecular weight excluding hydrogens is 364 g/mol. The van der Waals surface area contributed by atoms with E-state index < -0.39 is 11.9 Å². The Labute approximate surface area is 162 Å². The maximum absolute atomic E-state index is 12.5. The smallest absolute Gasteiger partial charge is 0.354 e. The van der Waals surface area contributed by atoms with Gasteiger partial charge < -0.3 is 24.8 Å². The Bertz CT molecular complexity index is 890. The molecule has 0 fully saturated rings. The van der Waals surface area contributed by atoms with Gasteiger partial charge in [0.2, 0.25) is 0 Å². The predicted molar refractivity (Wildman–Crippen MR) is 103 cm³/mol. The first-order valence-electron chi connectivity index (χ1n) is 8.17. The molecule has 2 aromatic carbocycles. The average Bonchev–Trinajstić information content (AvgIpc) is 2.73. The van der Waals surface area contributed by atoms with Gasteiger partial charge in [-0.3, -0.25) is 4.79 Å². The van der Waals surface area contributed by atoms with E-state index in [1.165, 1.54) is 20.3 Å². The summed E-state index contributed by atoms with van der Waals surface area (Å²) in [5.41, 5.74) is 1.25. The lowest BCUT2D eigenvalue weighted by molar-refractivity contribution is -0.138. The van der Waals surface area contributed by atoms with Gasteiger partial charge in [-0.25, -0.2) is 9.59 Å². The molecule has 0 aliphatic carbocycles. The number of nitrogens with one attached hydrogen (secondary N) is 2. The van der Waals surface area contributed by atoms with Gasteiger partial charge in [0.15, 0.2) is 0 Å². The number of hydrogen-bond donors (Lipinski definition) is 2. The minimum atomic E-state index is -0.751. The SMILES string of the molecule is COC(=O)/C=C(/Nc1cccc(C(=O)Nc2ccc(OC)cc2)c1)C(=O)OC. The largest absolute Gasteiger partial charge is 0.497 e. The van der Waals surface area contributed by atoms with Gasteiger partial charge in [-0.2, -0.15) is 0 Å². The molecule has 0 bridgehead atoms. The average molecular weight is 384 g/mol. The third kappa shape index (κ3) is 5.60. The van der Waals surface area contributed by atoms with Crippen LogP contribution in [0.3, 0.4) is 0 Å². The van der Waals surface area contributed by atoms with Gasteiger partial charge in [0.05, 0.1) is 27.4 Å². The second-order valence-corrected chi connectivity index (χ2v) is 5.46. The molecule has 0 aliphatic rings. The summed E-state index contributed by atoms with van der Waals surface area (Å²) in [5.74, 6) is -1.14. The summed E-state index contributed by atoms with van der Waals surface area (Å²) in [6.07, 6.45) is 0.968. The van der Waals surface area contributed by atoms with Crippen LogP contribution in [0, 0.1) is 0 Å². The summed E-state index contributed by atoms with van der Waals surface area (Å²) < 4.78 is 14.2. The van der Waals surface area contributed by atoms with E-state index in [0.29, 0.717) is 22.7 Å². The first-order valence-corrected chi connectivity index (χ1v) is 8.17. The van der Waals surface area contributed by atoms with Crippen LogP contribution in [0.2, 0.25) is 0 Å². The Morgan fingerprint density at radius 3 is 2.18 bits per heavy atom. The van der Waals surface area contributed by atoms with Gasteiger partial charge in [0, 0.05) is 16.9 Å². The monoisotopic (exact) mass is 384 g/mol. The van der Waals surface area contributed by atoms with Gasteiger partial charge in [0.25, 0.3) is 5.91 Å². The maximum atomic E-state index is 12.5. The fourth-order valence-corrected chi connectivity index (χ4v) is 2.20. The Morgan fingerprint density at radius 2 is 1.57 bits per heavy atom. The molecule has 0 spiro atoms. The molecule has 0 saturated carbocycles. The Hall–Kier alpha value is -3.81. The van der Waals surface area contributed by atoms with E-state index >= 15 is 0 Å². The molecule has 2 rings (SSSR count). The molecule has 28 heavy (non-hydrogen) atoms. The third-order valence-electron chi connectivity index (χ3n) is 3.62. The first-order chi connectivity index (χ1) is 13.5. The summed E-state index contributed by atoms with van der Waals surface area (Å²) in [6.45, 7) is 0. The van der Waals surface area contributed by atoms with Gasteiger partial charge in [-0.05, 0) is 42.5 Å². The number of carbonyl (C=O) groups is 3. The van der Waals surface area contributed by atoms with Crippen molar-refractivity contribution in [2.75, 3.05) is 32.0 Å². The standard InChI is InChI=1S/C20H20N2O6/c1-26-16-9-7-14(8-10-16)22-19(24)13-5-4-6-15(11-13)21-17(20(25)28-3)12-18(23)27-2/h4-12,21H,1-3H3,(H,22,24)/b17-12+. The van der Waals surface area contributed by atoms with Crippen molar-refractivity contribution < 1.29 is 28.6 Å². The molecule has 0 unspecified atom stereocenters. The Morgan fingerprint density at radius 1 is 0.857 bits per heavy atom. The number of methoxy groups -OCH3 is 3. The Kier molecular flexibility index (Phi) is 7.15. The zero-order valence-corrected chi connectivity index (χ0v) is 15.6. The van der Waals surface area contributed by atoms with Crippen molar-refractivity contribution >= 4 is 29.2 Å². The molecule has 0 radical (unpaired) electrons. The van der Waals surface area contributed by atoms with Crippen LogP contribution in [0.25, 0.3) is 0 Å². The van der Waals surface area contributed by atoms with E-state index in [-0.39, 0.29) is 11.6 Å². The third-order valence-corrected chi connectivity index (χ3v) is 3.62.